The first-order chi connectivity index (χ1) is 13.6. The van der Waals surface area contributed by atoms with Gasteiger partial charge in [0, 0.05) is 6.42 Å². The van der Waals surface area contributed by atoms with Crippen LogP contribution in [0.15, 0.2) is 73.3 Å². The van der Waals surface area contributed by atoms with Crippen molar-refractivity contribution in [2.24, 2.45) is 0 Å². The molecule has 3 aromatic carbocycles. The van der Waals surface area contributed by atoms with Gasteiger partial charge in [-0.1, -0.05) is 61.2 Å². The van der Waals surface area contributed by atoms with Crippen LogP contribution in [0.4, 0.5) is 4.39 Å². The second-order valence-corrected chi connectivity index (χ2v) is 6.95. The van der Waals surface area contributed by atoms with Gasteiger partial charge in [-0.2, -0.15) is 0 Å². The molecule has 2 atom stereocenters. The SMILES string of the molecule is C=Cc1ccc2c(c1)[C@@H](NC(=O)c1ccc(-c3ccccc3)cc1F)[C@H](O)C2. The molecule has 0 bridgehead atoms. The maximum absolute atomic E-state index is 14.6. The standard InChI is InChI=1S/C24H20FNO2/c1-2-15-8-9-18-14-22(27)23(20(18)12-15)26-24(28)19-11-10-17(13-21(19)25)16-6-4-3-5-7-16/h2-13,22-23,27H,1,14H2,(H,26,28)/t22-,23-/m1/s1. The van der Waals surface area contributed by atoms with Crippen molar-refractivity contribution >= 4 is 12.0 Å². The molecular weight excluding hydrogens is 353 g/mol. The van der Waals surface area contributed by atoms with E-state index >= 15 is 0 Å². The number of carbonyl (C=O) groups excluding carboxylic acids is 1. The molecule has 0 heterocycles. The lowest BCUT2D eigenvalue weighted by atomic mass is 10.0. The maximum Gasteiger partial charge on any atom is 0.254 e. The van der Waals surface area contributed by atoms with Crippen LogP contribution >= 0.6 is 0 Å². The highest BCUT2D eigenvalue weighted by Gasteiger charge is 2.33. The summed E-state index contributed by atoms with van der Waals surface area (Å²) in [5.74, 6) is -1.13. The van der Waals surface area contributed by atoms with Gasteiger partial charge in [0.05, 0.1) is 17.7 Å². The second kappa shape index (κ2) is 7.41. The zero-order valence-electron chi connectivity index (χ0n) is 15.2. The molecule has 0 saturated heterocycles. The van der Waals surface area contributed by atoms with E-state index in [1.54, 1.807) is 12.1 Å². The van der Waals surface area contributed by atoms with E-state index in [4.69, 9.17) is 0 Å². The van der Waals surface area contributed by atoms with Gasteiger partial charge in [0.2, 0.25) is 0 Å². The van der Waals surface area contributed by atoms with Crippen molar-refractivity contribution in [2.45, 2.75) is 18.6 Å². The van der Waals surface area contributed by atoms with Crippen LogP contribution in [0.3, 0.4) is 0 Å². The number of hydrogen-bond donors (Lipinski definition) is 2. The Kier molecular flexibility index (Phi) is 4.80. The van der Waals surface area contributed by atoms with Crippen LogP contribution in [0.25, 0.3) is 17.2 Å². The molecule has 1 aliphatic carbocycles. The highest BCUT2D eigenvalue weighted by molar-refractivity contribution is 5.95. The molecule has 140 valence electrons. The van der Waals surface area contributed by atoms with Gasteiger partial charge in [-0.05, 0) is 46.0 Å². The van der Waals surface area contributed by atoms with Crippen molar-refractivity contribution in [1.82, 2.24) is 5.32 Å². The Balaban J connectivity index is 1.59. The summed E-state index contributed by atoms with van der Waals surface area (Å²) in [6.45, 7) is 3.75. The molecule has 3 aromatic rings. The topological polar surface area (TPSA) is 49.3 Å². The van der Waals surface area contributed by atoms with Crippen LogP contribution in [0.1, 0.15) is 33.1 Å². The van der Waals surface area contributed by atoms with Crippen LogP contribution < -0.4 is 5.32 Å². The predicted octanol–water partition coefficient (Wildman–Crippen LogP) is 4.52. The van der Waals surface area contributed by atoms with Crippen molar-refractivity contribution < 1.29 is 14.3 Å². The number of halogens is 1. The van der Waals surface area contributed by atoms with Crippen LogP contribution in [0, 0.1) is 5.82 Å². The Morgan fingerprint density at radius 1 is 1.07 bits per heavy atom. The lowest BCUT2D eigenvalue weighted by Crippen LogP contribution is -2.34. The van der Waals surface area contributed by atoms with Gasteiger partial charge in [0.15, 0.2) is 0 Å². The van der Waals surface area contributed by atoms with Crippen molar-refractivity contribution in [1.29, 1.82) is 0 Å². The van der Waals surface area contributed by atoms with Gasteiger partial charge < -0.3 is 10.4 Å². The number of fused-ring (bicyclic) bond motifs is 1. The van der Waals surface area contributed by atoms with E-state index in [1.165, 1.54) is 12.1 Å². The number of hydrogen-bond acceptors (Lipinski definition) is 2. The van der Waals surface area contributed by atoms with E-state index in [0.717, 1.165) is 22.3 Å². The lowest BCUT2D eigenvalue weighted by molar-refractivity contribution is 0.0854. The van der Waals surface area contributed by atoms with Crippen molar-refractivity contribution in [3.63, 3.8) is 0 Å². The number of carbonyl (C=O) groups is 1. The first-order valence-corrected chi connectivity index (χ1v) is 9.16. The molecule has 0 unspecified atom stereocenters. The van der Waals surface area contributed by atoms with Crippen molar-refractivity contribution in [3.8, 4) is 11.1 Å². The van der Waals surface area contributed by atoms with Gasteiger partial charge in [0.1, 0.15) is 5.82 Å². The van der Waals surface area contributed by atoms with Gasteiger partial charge in [-0.3, -0.25) is 4.79 Å². The molecule has 28 heavy (non-hydrogen) atoms. The lowest BCUT2D eigenvalue weighted by Gasteiger charge is -2.18. The smallest absolute Gasteiger partial charge is 0.254 e. The first kappa shape index (κ1) is 18.1. The number of nitrogens with one attached hydrogen (secondary N) is 1. The molecule has 0 aromatic heterocycles. The normalized spacial score (nSPS) is 17.8. The van der Waals surface area contributed by atoms with Gasteiger partial charge >= 0.3 is 0 Å². The Hall–Kier alpha value is -3.24. The van der Waals surface area contributed by atoms with Crippen LogP contribution in [-0.2, 0) is 6.42 Å². The van der Waals surface area contributed by atoms with E-state index in [0.29, 0.717) is 12.0 Å². The summed E-state index contributed by atoms with van der Waals surface area (Å²) in [4.78, 5) is 12.7. The molecule has 0 fully saturated rings. The third kappa shape index (κ3) is 3.35. The summed E-state index contributed by atoms with van der Waals surface area (Å²) in [6, 6.07) is 19.2. The highest BCUT2D eigenvalue weighted by Crippen LogP contribution is 2.33. The minimum atomic E-state index is -0.745. The van der Waals surface area contributed by atoms with Crippen molar-refractivity contribution in [2.75, 3.05) is 0 Å². The molecular formula is C24H20FNO2. The van der Waals surface area contributed by atoms with Crippen LogP contribution in [-0.4, -0.2) is 17.1 Å². The van der Waals surface area contributed by atoms with Gasteiger partial charge in [-0.25, -0.2) is 4.39 Å². The predicted molar refractivity (Wildman–Crippen MR) is 108 cm³/mol. The molecule has 0 radical (unpaired) electrons. The third-order valence-electron chi connectivity index (χ3n) is 5.16. The average molecular weight is 373 g/mol. The molecule has 0 spiro atoms. The van der Waals surface area contributed by atoms with Crippen molar-refractivity contribution in [3.05, 3.63) is 101 Å². The highest BCUT2D eigenvalue weighted by atomic mass is 19.1. The summed E-state index contributed by atoms with van der Waals surface area (Å²) in [5.41, 5.74) is 4.27. The monoisotopic (exact) mass is 373 g/mol. The molecule has 3 nitrogen and oxygen atoms in total. The second-order valence-electron chi connectivity index (χ2n) is 6.95. The van der Waals surface area contributed by atoms with Gasteiger partial charge in [-0.15, -0.1) is 0 Å². The molecule has 0 saturated carbocycles. The van der Waals surface area contributed by atoms with Gasteiger partial charge in [0.25, 0.3) is 5.91 Å². The minimum Gasteiger partial charge on any atom is -0.390 e. The number of aliphatic hydroxyl groups excluding tert-OH is 1. The zero-order valence-corrected chi connectivity index (χ0v) is 15.2. The number of aliphatic hydroxyl groups is 1. The van der Waals surface area contributed by atoms with E-state index in [1.807, 2.05) is 48.5 Å². The van der Waals surface area contributed by atoms with Crippen LogP contribution in [0.5, 0.6) is 0 Å². The quantitative estimate of drug-likeness (QED) is 0.706. The molecule has 4 heteroatoms. The fourth-order valence-electron chi connectivity index (χ4n) is 3.67. The molecule has 0 aliphatic heterocycles. The first-order valence-electron chi connectivity index (χ1n) is 9.16. The number of rotatable bonds is 4. The minimum absolute atomic E-state index is 0.0415. The zero-order chi connectivity index (χ0) is 19.7. The molecule has 1 aliphatic rings. The Morgan fingerprint density at radius 3 is 2.57 bits per heavy atom. The fourth-order valence-corrected chi connectivity index (χ4v) is 3.67. The average Bonchev–Trinajstić information content (AvgIpc) is 3.02. The number of benzene rings is 3. The molecule has 1 amide bonds. The Morgan fingerprint density at radius 2 is 1.86 bits per heavy atom. The Bertz CT molecular complexity index is 1050. The molecule has 4 rings (SSSR count). The third-order valence-corrected chi connectivity index (χ3v) is 5.16. The van der Waals surface area contributed by atoms with E-state index in [9.17, 15) is 14.3 Å². The van der Waals surface area contributed by atoms with E-state index in [2.05, 4.69) is 11.9 Å². The summed E-state index contributed by atoms with van der Waals surface area (Å²) in [5, 5.41) is 13.2. The summed E-state index contributed by atoms with van der Waals surface area (Å²) in [6.07, 6.45) is 1.42. The summed E-state index contributed by atoms with van der Waals surface area (Å²) >= 11 is 0. The fraction of sp³-hybridized carbons (Fsp3) is 0.125. The molecule has 2 N–H and O–H groups in total. The largest absolute Gasteiger partial charge is 0.390 e. The maximum atomic E-state index is 14.6. The Labute approximate surface area is 163 Å². The van der Waals surface area contributed by atoms with E-state index < -0.39 is 23.9 Å². The van der Waals surface area contributed by atoms with Crippen LogP contribution in [0.2, 0.25) is 0 Å². The summed E-state index contributed by atoms with van der Waals surface area (Å²) < 4.78 is 14.6. The van der Waals surface area contributed by atoms with E-state index in [-0.39, 0.29) is 5.56 Å². The summed E-state index contributed by atoms with van der Waals surface area (Å²) in [7, 11) is 0. The number of amides is 1.